The Balaban J connectivity index is 1.46. The van der Waals surface area contributed by atoms with Crippen LogP contribution < -0.4 is 15.4 Å². The Bertz CT molecular complexity index is 1180. The van der Waals surface area contributed by atoms with Gasteiger partial charge in [-0.05, 0) is 39.0 Å². The van der Waals surface area contributed by atoms with Crippen LogP contribution in [0, 0.1) is 29.2 Å². The zero-order valence-electron chi connectivity index (χ0n) is 22.0. The predicted molar refractivity (Wildman–Crippen MR) is 128 cm³/mol. The van der Waals surface area contributed by atoms with E-state index in [4.69, 9.17) is 9.47 Å². The SMILES string of the molecule is CC1CC(NC(=O)OC2CCC(F)(F)CC2)C(=O)N1C(CC1CCNC1=O)C(=O)COc1c(F)c(F)cc(F)c1F. The van der Waals surface area contributed by atoms with Gasteiger partial charge >= 0.3 is 6.09 Å². The number of carbonyl (C=O) groups is 4. The van der Waals surface area contributed by atoms with E-state index >= 15 is 0 Å². The van der Waals surface area contributed by atoms with E-state index in [0.717, 1.165) is 4.90 Å². The van der Waals surface area contributed by atoms with Gasteiger partial charge in [0.15, 0.2) is 23.2 Å². The molecule has 0 bridgehead atoms. The molecule has 4 atom stereocenters. The number of rotatable bonds is 9. The normalized spacial score (nSPS) is 25.1. The fourth-order valence-corrected chi connectivity index (χ4v) is 5.45. The molecule has 41 heavy (non-hydrogen) atoms. The van der Waals surface area contributed by atoms with Crippen LogP contribution in [0.3, 0.4) is 0 Å². The highest BCUT2D eigenvalue weighted by atomic mass is 19.3. The van der Waals surface area contributed by atoms with Gasteiger partial charge in [0, 0.05) is 37.4 Å². The molecule has 226 valence electrons. The first-order valence-corrected chi connectivity index (χ1v) is 13.2. The lowest BCUT2D eigenvalue weighted by molar-refractivity contribution is -0.141. The molecule has 3 aliphatic rings. The fraction of sp³-hybridized carbons (Fsp3) is 0.615. The second-order valence-corrected chi connectivity index (χ2v) is 10.6. The lowest BCUT2D eigenvalue weighted by Gasteiger charge is -2.32. The highest BCUT2D eigenvalue weighted by Crippen LogP contribution is 2.35. The van der Waals surface area contributed by atoms with Gasteiger partial charge in [-0.15, -0.1) is 0 Å². The Labute approximate surface area is 230 Å². The van der Waals surface area contributed by atoms with Crippen LogP contribution in [0.25, 0.3) is 0 Å². The number of ketones is 1. The van der Waals surface area contributed by atoms with Crippen LogP contribution in [0.4, 0.5) is 31.1 Å². The number of likely N-dealkylation sites (tertiary alicyclic amines) is 1. The molecule has 3 amide bonds. The second-order valence-electron chi connectivity index (χ2n) is 10.6. The maximum Gasteiger partial charge on any atom is 0.408 e. The molecule has 2 saturated heterocycles. The second kappa shape index (κ2) is 12.1. The first-order chi connectivity index (χ1) is 19.3. The topological polar surface area (TPSA) is 114 Å². The molecule has 0 aromatic heterocycles. The standard InChI is InChI=1S/C26H29F6N3O6/c1-12-8-17(34-25(39)41-14-2-5-26(31,32)6-3-14)24(38)35(12)18(9-13-4-7-33-23(13)37)19(36)11-40-22-20(29)15(27)10-16(28)21(22)30/h10,12-14,17-18H,2-9,11H2,1H3,(H,33,37)(H,34,39). The highest BCUT2D eigenvalue weighted by molar-refractivity contribution is 5.95. The van der Waals surface area contributed by atoms with Gasteiger partial charge in [-0.1, -0.05) is 0 Å². The number of amides is 3. The number of carbonyl (C=O) groups excluding carboxylic acids is 4. The van der Waals surface area contributed by atoms with E-state index in [-0.39, 0.29) is 37.7 Å². The van der Waals surface area contributed by atoms with Crippen LogP contribution in [0.5, 0.6) is 5.75 Å². The van der Waals surface area contributed by atoms with Crippen molar-refractivity contribution in [2.24, 2.45) is 5.92 Å². The van der Waals surface area contributed by atoms with Crippen LogP contribution in [0.1, 0.15) is 51.9 Å². The van der Waals surface area contributed by atoms with Crippen LogP contribution in [-0.2, 0) is 19.1 Å². The number of alkyl halides is 2. The summed E-state index contributed by atoms with van der Waals surface area (Å²) in [7, 11) is 0. The lowest BCUT2D eigenvalue weighted by Crippen LogP contribution is -2.51. The molecule has 4 unspecified atom stereocenters. The first kappa shape index (κ1) is 30.4. The third-order valence-corrected chi connectivity index (χ3v) is 7.64. The predicted octanol–water partition coefficient (Wildman–Crippen LogP) is 3.38. The number of halogens is 6. The summed E-state index contributed by atoms with van der Waals surface area (Å²) in [5.41, 5.74) is 0. The van der Waals surface area contributed by atoms with Gasteiger partial charge in [-0.3, -0.25) is 14.4 Å². The van der Waals surface area contributed by atoms with Gasteiger partial charge in [0.05, 0.1) is 6.04 Å². The van der Waals surface area contributed by atoms with Crippen LogP contribution >= 0.6 is 0 Å². The molecule has 1 aliphatic carbocycles. The number of nitrogens with zero attached hydrogens (tertiary/aromatic N) is 1. The fourth-order valence-electron chi connectivity index (χ4n) is 5.45. The molecule has 9 nitrogen and oxygen atoms in total. The first-order valence-electron chi connectivity index (χ1n) is 13.2. The molecule has 1 saturated carbocycles. The molecule has 15 heteroatoms. The van der Waals surface area contributed by atoms with E-state index in [1.807, 2.05) is 0 Å². The van der Waals surface area contributed by atoms with Crippen molar-refractivity contribution < 1.29 is 55.0 Å². The third-order valence-electron chi connectivity index (χ3n) is 7.64. The number of hydrogen-bond donors (Lipinski definition) is 2. The molecule has 1 aromatic carbocycles. The van der Waals surface area contributed by atoms with Crippen LogP contribution in [-0.4, -0.2) is 71.9 Å². The number of ether oxygens (including phenoxy) is 2. The minimum atomic E-state index is -2.82. The summed E-state index contributed by atoms with van der Waals surface area (Å²) >= 11 is 0. The smallest absolute Gasteiger partial charge is 0.408 e. The minimum Gasteiger partial charge on any atom is -0.479 e. The lowest BCUT2D eigenvalue weighted by atomic mass is 9.94. The van der Waals surface area contributed by atoms with E-state index in [2.05, 4.69) is 10.6 Å². The molecule has 1 aromatic rings. The molecular weight excluding hydrogens is 564 g/mol. The van der Waals surface area contributed by atoms with Crippen LogP contribution in [0.2, 0.25) is 0 Å². The maximum absolute atomic E-state index is 14.1. The zero-order chi connectivity index (χ0) is 30.1. The summed E-state index contributed by atoms with van der Waals surface area (Å²) in [6.45, 7) is 0.816. The van der Waals surface area contributed by atoms with Crippen LogP contribution in [0.15, 0.2) is 6.07 Å². The molecule has 2 aliphatic heterocycles. The Morgan fingerprint density at radius 1 is 1.10 bits per heavy atom. The van der Waals surface area contributed by atoms with Gasteiger partial charge in [0.25, 0.3) is 0 Å². The van der Waals surface area contributed by atoms with E-state index < -0.39 is 102 Å². The Morgan fingerprint density at radius 2 is 1.73 bits per heavy atom. The number of alkyl carbamates (subject to hydrolysis) is 1. The van der Waals surface area contributed by atoms with Crippen molar-refractivity contribution in [3.8, 4) is 5.75 Å². The number of Topliss-reactive ketones (excluding diaryl/α,β-unsaturated/α-hetero) is 1. The Kier molecular flexibility index (Phi) is 9.02. The summed E-state index contributed by atoms with van der Waals surface area (Å²) in [6, 6.07) is -3.19. The van der Waals surface area contributed by atoms with Gasteiger partial charge in [0.1, 0.15) is 18.8 Å². The molecule has 3 fully saturated rings. The van der Waals surface area contributed by atoms with Gasteiger partial charge < -0.3 is 25.0 Å². The average Bonchev–Trinajstić information content (AvgIpc) is 3.43. The highest BCUT2D eigenvalue weighted by Gasteiger charge is 2.46. The van der Waals surface area contributed by atoms with Gasteiger partial charge in [-0.2, -0.15) is 8.78 Å². The van der Waals surface area contributed by atoms with Crippen molar-refractivity contribution in [2.75, 3.05) is 13.2 Å². The number of benzene rings is 1. The number of hydrogen-bond acceptors (Lipinski definition) is 6. The molecule has 0 spiro atoms. The van der Waals surface area contributed by atoms with E-state index in [9.17, 15) is 45.5 Å². The summed E-state index contributed by atoms with van der Waals surface area (Å²) in [6.07, 6.45) is -2.52. The van der Waals surface area contributed by atoms with Crippen molar-refractivity contribution in [2.45, 2.75) is 82.0 Å². The quantitative estimate of drug-likeness (QED) is 0.335. The van der Waals surface area contributed by atoms with Gasteiger partial charge in [-0.25, -0.2) is 22.4 Å². The molecular formula is C26H29F6N3O6. The van der Waals surface area contributed by atoms with Gasteiger partial charge in [0.2, 0.25) is 29.4 Å². The van der Waals surface area contributed by atoms with E-state index in [0.29, 0.717) is 13.0 Å². The van der Waals surface area contributed by atoms with Crippen molar-refractivity contribution >= 4 is 23.7 Å². The summed E-state index contributed by atoms with van der Waals surface area (Å²) in [4.78, 5) is 52.4. The van der Waals surface area contributed by atoms with Crippen molar-refractivity contribution in [1.29, 1.82) is 0 Å². The maximum atomic E-state index is 14.1. The zero-order valence-corrected chi connectivity index (χ0v) is 22.0. The summed E-state index contributed by atoms with van der Waals surface area (Å²) < 4.78 is 92.0. The van der Waals surface area contributed by atoms with E-state index in [1.54, 1.807) is 6.92 Å². The molecule has 2 heterocycles. The monoisotopic (exact) mass is 593 g/mol. The van der Waals surface area contributed by atoms with Crippen molar-refractivity contribution in [1.82, 2.24) is 15.5 Å². The summed E-state index contributed by atoms with van der Waals surface area (Å²) in [5.74, 6) is -14.1. The largest absolute Gasteiger partial charge is 0.479 e. The molecule has 0 radical (unpaired) electrons. The minimum absolute atomic E-state index is 0.0207. The third kappa shape index (κ3) is 6.87. The Morgan fingerprint density at radius 3 is 2.32 bits per heavy atom. The summed E-state index contributed by atoms with van der Waals surface area (Å²) in [5, 5.41) is 5.00. The van der Waals surface area contributed by atoms with Crippen molar-refractivity contribution in [3.05, 3.63) is 29.3 Å². The number of nitrogens with one attached hydrogen (secondary N) is 2. The molecule has 4 rings (SSSR count). The van der Waals surface area contributed by atoms with E-state index in [1.165, 1.54) is 0 Å². The molecule has 2 N–H and O–H groups in total. The van der Waals surface area contributed by atoms with Crippen molar-refractivity contribution in [3.63, 3.8) is 0 Å². The average molecular weight is 594 g/mol. The Hall–Kier alpha value is -3.52.